The van der Waals surface area contributed by atoms with Crippen molar-refractivity contribution in [1.29, 1.82) is 0 Å². The second-order valence-corrected chi connectivity index (χ2v) is 7.23. The number of aliphatic imine (C=N–C) groups is 1. The van der Waals surface area contributed by atoms with E-state index in [1.54, 1.807) is 42.6 Å². The fourth-order valence-corrected chi connectivity index (χ4v) is 3.98. The lowest BCUT2D eigenvalue weighted by atomic mass is 10.1. The van der Waals surface area contributed by atoms with Crippen LogP contribution in [0.25, 0.3) is 0 Å². The van der Waals surface area contributed by atoms with E-state index in [-0.39, 0.29) is 0 Å². The molecule has 7 nitrogen and oxygen atoms in total. The molecule has 1 aromatic carbocycles. The molecule has 0 radical (unpaired) electrons. The van der Waals surface area contributed by atoms with Crippen LogP contribution in [0.3, 0.4) is 0 Å². The number of carbonyl (C=O) groups is 3. The van der Waals surface area contributed by atoms with Gasteiger partial charge in [-0.3, -0.25) is 15.1 Å². The lowest BCUT2D eigenvalue weighted by Crippen LogP contribution is -2.41. The smallest absolute Gasteiger partial charge is 0.338 e. The standard InChI is InChI=1S/C16H19N3O4S2/c1-2-17-15(22)19-13(20)9-23-14(21)12-6-4-3-5-11(12)10-25-16-18-7-8-24-16/h3-6H,2,7-10H2,1H3,(H2,17,19,20,22). The van der Waals surface area contributed by atoms with Gasteiger partial charge in [0.05, 0.1) is 12.1 Å². The number of esters is 1. The van der Waals surface area contributed by atoms with Crippen LogP contribution in [0.15, 0.2) is 29.3 Å². The first kappa shape index (κ1) is 19.3. The maximum atomic E-state index is 12.2. The molecule has 0 aliphatic carbocycles. The monoisotopic (exact) mass is 381 g/mol. The van der Waals surface area contributed by atoms with E-state index in [1.807, 2.05) is 12.1 Å². The largest absolute Gasteiger partial charge is 0.452 e. The molecule has 25 heavy (non-hydrogen) atoms. The van der Waals surface area contributed by atoms with Crippen molar-refractivity contribution in [2.75, 3.05) is 25.4 Å². The number of amides is 3. The van der Waals surface area contributed by atoms with Crippen molar-refractivity contribution < 1.29 is 19.1 Å². The van der Waals surface area contributed by atoms with E-state index in [2.05, 4.69) is 15.6 Å². The van der Waals surface area contributed by atoms with Gasteiger partial charge in [0.2, 0.25) is 0 Å². The zero-order valence-corrected chi connectivity index (χ0v) is 15.4. The van der Waals surface area contributed by atoms with Crippen LogP contribution in [0.5, 0.6) is 0 Å². The van der Waals surface area contributed by atoms with Gasteiger partial charge >= 0.3 is 12.0 Å². The van der Waals surface area contributed by atoms with E-state index >= 15 is 0 Å². The molecule has 0 saturated heterocycles. The molecular weight excluding hydrogens is 362 g/mol. The number of carbonyl (C=O) groups excluding carboxylic acids is 3. The maximum Gasteiger partial charge on any atom is 0.338 e. The Labute approximate surface area is 154 Å². The molecule has 2 rings (SSSR count). The Hall–Kier alpha value is -2.00. The summed E-state index contributed by atoms with van der Waals surface area (Å²) in [5, 5.41) is 4.50. The number of urea groups is 1. The molecule has 0 aromatic heterocycles. The maximum absolute atomic E-state index is 12.2. The van der Waals surface area contributed by atoms with E-state index in [4.69, 9.17) is 4.74 Å². The molecule has 0 spiro atoms. The van der Waals surface area contributed by atoms with Crippen molar-refractivity contribution in [3.63, 3.8) is 0 Å². The van der Waals surface area contributed by atoms with Crippen molar-refractivity contribution in [3.8, 4) is 0 Å². The number of benzene rings is 1. The fraction of sp³-hybridized carbons (Fsp3) is 0.375. The number of rotatable bonds is 6. The second-order valence-electron chi connectivity index (χ2n) is 4.93. The summed E-state index contributed by atoms with van der Waals surface area (Å²) in [6, 6.07) is 6.47. The minimum Gasteiger partial charge on any atom is -0.452 e. The SMILES string of the molecule is CCNC(=O)NC(=O)COC(=O)c1ccccc1CSC1=NCCS1. The van der Waals surface area contributed by atoms with E-state index in [0.717, 1.165) is 22.2 Å². The van der Waals surface area contributed by atoms with Gasteiger partial charge in [0.1, 0.15) is 4.38 Å². The molecule has 3 amide bonds. The lowest BCUT2D eigenvalue weighted by molar-refractivity contribution is -0.123. The van der Waals surface area contributed by atoms with Crippen LogP contribution < -0.4 is 10.6 Å². The van der Waals surface area contributed by atoms with Crippen molar-refractivity contribution in [2.24, 2.45) is 4.99 Å². The molecule has 1 heterocycles. The normalized spacial score (nSPS) is 13.1. The highest BCUT2D eigenvalue weighted by molar-refractivity contribution is 8.38. The van der Waals surface area contributed by atoms with Crippen LogP contribution in [0.4, 0.5) is 4.79 Å². The Kier molecular flexibility index (Phi) is 7.80. The number of imide groups is 1. The Morgan fingerprint density at radius 2 is 2.12 bits per heavy atom. The molecule has 0 bridgehead atoms. The van der Waals surface area contributed by atoms with Gasteiger partial charge in [0, 0.05) is 18.1 Å². The zero-order chi connectivity index (χ0) is 18.1. The first-order chi connectivity index (χ1) is 12.1. The van der Waals surface area contributed by atoms with E-state index < -0.39 is 24.5 Å². The number of nitrogens with zero attached hydrogens (tertiary/aromatic N) is 1. The number of hydrogen-bond donors (Lipinski definition) is 2. The highest BCUT2D eigenvalue weighted by Gasteiger charge is 2.16. The molecule has 134 valence electrons. The molecule has 0 unspecified atom stereocenters. The summed E-state index contributed by atoms with van der Waals surface area (Å²) in [6.07, 6.45) is 0. The third kappa shape index (κ3) is 6.43. The summed E-state index contributed by atoms with van der Waals surface area (Å²) < 4.78 is 6.02. The first-order valence-electron chi connectivity index (χ1n) is 7.73. The van der Waals surface area contributed by atoms with Crippen LogP contribution in [-0.2, 0) is 15.3 Å². The predicted octanol–water partition coefficient (Wildman–Crippen LogP) is 2.03. The van der Waals surface area contributed by atoms with Gasteiger partial charge in [-0.2, -0.15) is 0 Å². The fourth-order valence-electron chi connectivity index (χ4n) is 1.96. The average Bonchev–Trinajstić information content (AvgIpc) is 3.12. The molecule has 0 fully saturated rings. The van der Waals surface area contributed by atoms with Crippen LogP contribution in [-0.4, -0.2) is 47.7 Å². The predicted molar refractivity (Wildman–Crippen MR) is 100.0 cm³/mol. The van der Waals surface area contributed by atoms with Crippen LogP contribution >= 0.6 is 23.5 Å². The number of nitrogens with one attached hydrogen (secondary N) is 2. The summed E-state index contributed by atoms with van der Waals surface area (Å²) >= 11 is 3.29. The number of hydrogen-bond acceptors (Lipinski definition) is 7. The van der Waals surface area contributed by atoms with E-state index in [0.29, 0.717) is 17.9 Å². The van der Waals surface area contributed by atoms with E-state index in [1.165, 1.54) is 0 Å². The lowest BCUT2D eigenvalue weighted by Gasteiger charge is -2.09. The van der Waals surface area contributed by atoms with Gasteiger partial charge in [-0.15, -0.1) is 0 Å². The Bertz CT molecular complexity index is 679. The zero-order valence-electron chi connectivity index (χ0n) is 13.7. The molecule has 0 saturated carbocycles. The molecule has 9 heteroatoms. The third-order valence-corrected chi connectivity index (χ3v) is 5.37. The Balaban J connectivity index is 1.88. The minimum atomic E-state index is -0.678. The summed E-state index contributed by atoms with van der Waals surface area (Å²) in [5.74, 6) is 0.320. The number of ether oxygens (including phenoxy) is 1. The Morgan fingerprint density at radius 1 is 1.32 bits per heavy atom. The summed E-state index contributed by atoms with van der Waals surface area (Å²) in [5.41, 5.74) is 1.22. The van der Waals surface area contributed by atoms with Crippen molar-refractivity contribution in [3.05, 3.63) is 35.4 Å². The molecule has 1 aliphatic heterocycles. The van der Waals surface area contributed by atoms with Crippen LogP contribution in [0, 0.1) is 0 Å². The van der Waals surface area contributed by atoms with Gasteiger partial charge < -0.3 is 10.1 Å². The van der Waals surface area contributed by atoms with Gasteiger partial charge in [-0.05, 0) is 18.6 Å². The molecular formula is C16H19N3O4S2. The van der Waals surface area contributed by atoms with Gasteiger partial charge in [-0.1, -0.05) is 41.7 Å². The van der Waals surface area contributed by atoms with Crippen molar-refractivity contribution in [1.82, 2.24) is 10.6 Å². The summed E-state index contributed by atoms with van der Waals surface area (Å²) in [4.78, 5) is 39.4. The Morgan fingerprint density at radius 3 is 2.84 bits per heavy atom. The van der Waals surface area contributed by atoms with E-state index in [9.17, 15) is 14.4 Å². The molecule has 2 N–H and O–H groups in total. The summed E-state index contributed by atoms with van der Waals surface area (Å²) in [6.45, 7) is 2.44. The third-order valence-electron chi connectivity index (χ3n) is 3.07. The first-order valence-corrected chi connectivity index (χ1v) is 9.70. The van der Waals surface area contributed by atoms with Crippen molar-refractivity contribution >= 4 is 45.8 Å². The molecule has 0 atom stereocenters. The number of thioether (sulfide) groups is 2. The van der Waals surface area contributed by atoms with Gasteiger partial charge in [0.15, 0.2) is 6.61 Å². The van der Waals surface area contributed by atoms with Crippen LogP contribution in [0.1, 0.15) is 22.8 Å². The van der Waals surface area contributed by atoms with Gasteiger partial charge in [-0.25, -0.2) is 9.59 Å². The van der Waals surface area contributed by atoms with Crippen molar-refractivity contribution in [2.45, 2.75) is 12.7 Å². The highest BCUT2D eigenvalue weighted by Crippen LogP contribution is 2.26. The average molecular weight is 381 g/mol. The second kappa shape index (κ2) is 10.1. The molecule has 1 aliphatic rings. The topological polar surface area (TPSA) is 96.9 Å². The van der Waals surface area contributed by atoms with Crippen LogP contribution in [0.2, 0.25) is 0 Å². The summed E-state index contributed by atoms with van der Waals surface area (Å²) in [7, 11) is 0. The molecule has 1 aromatic rings. The quantitative estimate of drug-likeness (QED) is 0.732. The minimum absolute atomic E-state index is 0.396. The highest BCUT2D eigenvalue weighted by atomic mass is 32.2. The van der Waals surface area contributed by atoms with Gasteiger partial charge in [0.25, 0.3) is 5.91 Å².